The van der Waals surface area contributed by atoms with Gasteiger partial charge >= 0.3 is 0 Å². The van der Waals surface area contributed by atoms with Crippen molar-refractivity contribution in [2.45, 2.75) is 19.4 Å². The molecular weight excluding hydrogens is 284 g/mol. The Kier molecular flexibility index (Phi) is 5.09. The molecule has 1 atom stereocenters. The van der Waals surface area contributed by atoms with Crippen LogP contribution in [0.25, 0.3) is 0 Å². The first-order chi connectivity index (χ1) is 11.2. The van der Waals surface area contributed by atoms with Crippen molar-refractivity contribution in [1.82, 2.24) is 4.90 Å². The van der Waals surface area contributed by atoms with Crippen LogP contribution in [0.5, 0.6) is 0 Å². The highest BCUT2D eigenvalue weighted by Crippen LogP contribution is 2.22. The van der Waals surface area contributed by atoms with E-state index in [0.29, 0.717) is 0 Å². The van der Waals surface area contributed by atoms with Gasteiger partial charge in [0.1, 0.15) is 0 Å². The first-order valence-corrected chi connectivity index (χ1v) is 8.33. The molecule has 1 fully saturated rings. The minimum atomic E-state index is 0.0951. The van der Waals surface area contributed by atoms with Crippen LogP contribution in [0.3, 0.4) is 0 Å². The van der Waals surface area contributed by atoms with Gasteiger partial charge in [0.05, 0.1) is 5.92 Å². The SMILES string of the molecule is CN(C(=O)[C@@H]1CCCN(Cc2ccccc2)C1)c1ccccc1. The van der Waals surface area contributed by atoms with Gasteiger partial charge in [0, 0.05) is 25.8 Å². The molecule has 3 heteroatoms. The maximum Gasteiger partial charge on any atom is 0.231 e. The number of nitrogens with zero attached hydrogens (tertiary/aromatic N) is 2. The Hall–Kier alpha value is -2.13. The van der Waals surface area contributed by atoms with E-state index in [1.165, 1.54) is 5.56 Å². The van der Waals surface area contributed by atoms with Crippen LogP contribution in [0.4, 0.5) is 5.69 Å². The van der Waals surface area contributed by atoms with E-state index in [0.717, 1.165) is 38.2 Å². The Morgan fingerprint density at radius 3 is 2.43 bits per heavy atom. The number of hydrogen-bond donors (Lipinski definition) is 0. The third-order valence-electron chi connectivity index (χ3n) is 4.58. The number of carbonyl (C=O) groups excluding carboxylic acids is 1. The highest BCUT2D eigenvalue weighted by molar-refractivity contribution is 5.94. The summed E-state index contributed by atoms with van der Waals surface area (Å²) in [6.07, 6.45) is 2.08. The zero-order chi connectivity index (χ0) is 16.1. The lowest BCUT2D eigenvalue weighted by molar-refractivity contribution is -0.123. The lowest BCUT2D eigenvalue weighted by Gasteiger charge is -2.34. The molecule has 0 spiro atoms. The van der Waals surface area contributed by atoms with Crippen LogP contribution in [0.1, 0.15) is 18.4 Å². The highest BCUT2D eigenvalue weighted by Gasteiger charge is 2.28. The zero-order valence-corrected chi connectivity index (χ0v) is 13.7. The van der Waals surface area contributed by atoms with Gasteiger partial charge in [-0.05, 0) is 37.1 Å². The summed E-state index contributed by atoms with van der Waals surface area (Å²) in [7, 11) is 1.88. The molecule has 2 aromatic carbocycles. The standard InChI is InChI=1S/C20H24N2O/c1-21(19-12-6-3-7-13-19)20(23)18-11-8-14-22(16-18)15-17-9-4-2-5-10-17/h2-7,9-10,12-13,18H,8,11,14-16H2,1H3/t18-/m1/s1. The molecule has 120 valence electrons. The molecule has 0 unspecified atom stereocenters. The topological polar surface area (TPSA) is 23.6 Å². The van der Waals surface area contributed by atoms with Crippen LogP contribution in [0.15, 0.2) is 60.7 Å². The van der Waals surface area contributed by atoms with Crippen LogP contribution >= 0.6 is 0 Å². The number of hydrogen-bond acceptors (Lipinski definition) is 2. The van der Waals surface area contributed by atoms with Gasteiger partial charge in [-0.15, -0.1) is 0 Å². The normalized spacial score (nSPS) is 18.6. The fraction of sp³-hybridized carbons (Fsp3) is 0.350. The molecule has 0 radical (unpaired) electrons. The van der Waals surface area contributed by atoms with Crippen molar-refractivity contribution < 1.29 is 4.79 Å². The van der Waals surface area contributed by atoms with E-state index in [9.17, 15) is 4.79 Å². The summed E-state index contributed by atoms with van der Waals surface area (Å²) in [5, 5.41) is 0. The number of likely N-dealkylation sites (tertiary alicyclic amines) is 1. The van der Waals surface area contributed by atoms with Crippen LogP contribution in [-0.2, 0) is 11.3 Å². The van der Waals surface area contributed by atoms with Gasteiger partial charge in [-0.25, -0.2) is 0 Å². The van der Waals surface area contributed by atoms with E-state index in [1.54, 1.807) is 4.90 Å². The monoisotopic (exact) mass is 308 g/mol. The molecule has 3 rings (SSSR count). The van der Waals surface area contributed by atoms with Crippen LogP contribution in [-0.4, -0.2) is 30.9 Å². The van der Waals surface area contributed by atoms with E-state index < -0.39 is 0 Å². The molecule has 0 bridgehead atoms. The Bertz CT molecular complexity index is 627. The second-order valence-electron chi connectivity index (χ2n) is 6.29. The van der Waals surface area contributed by atoms with Crippen molar-refractivity contribution in [1.29, 1.82) is 0 Å². The number of piperidine rings is 1. The quantitative estimate of drug-likeness (QED) is 0.862. The predicted octanol–water partition coefficient (Wildman–Crippen LogP) is 3.56. The fourth-order valence-electron chi connectivity index (χ4n) is 3.30. The molecule has 1 amide bonds. The lowest BCUT2D eigenvalue weighted by Crippen LogP contribution is -2.43. The number of rotatable bonds is 4. The summed E-state index contributed by atoms with van der Waals surface area (Å²) in [6, 6.07) is 20.4. The summed E-state index contributed by atoms with van der Waals surface area (Å²) >= 11 is 0. The van der Waals surface area contributed by atoms with Crippen molar-refractivity contribution in [3.05, 3.63) is 66.2 Å². The van der Waals surface area contributed by atoms with Crippen molar-refractivity contribution in [3.8, 4) is 0 Å². The number of carbonyl (C=O) groups is 1. The van der Waals surface area contributed by atoms with E-state index in [2.05, 4.69) is 29.2 Å². The number of anilines is 1. The first-order valence-electron chi connectivity index (χ1n) is 8.33. The van der Waals surface area contributed by atoms with Crippen LogP contribution < -0.4 is 4.90 Å². The molecule has 1 saturated heterocycles. The maximum absolute atomic E-state index is 12.8. The summed E-state index contributed by atoms with van der Waals surface area (Å²) < 4.78 is 0. The Labute approximate surface area is 138 Å². The highest BCUT2D eigenvalue weighted by atomic mass is 16.2. The Balaban J connectivity index is 1.63. The molecule has 3 nitrogen and oxygen atoms in total. The van der Waals surface area contributed by atoms with Gasteiger partial charge in [-0.1, -0.05) is 48.5 Å². The van der Waals surface area contributed by atoms with Gasteiger partial charge in [0.25, 0.3) is 0 Å². The molecule has 1 heterocycles. The van der Waals surface area contributed by atoms with E-state index >= 15 is 0 Å². The second kappa shape index (κ2) is 7.42. The average molecular weight is 308 g/mol. The van der Waals surface area contributed by atoms with Gasteiger partial charge in [0.15, 0.2) is 0 Å². The molecule has 23 heavy (non-hydrogen) atoms. The van der Waals surface area contributed by atoms with Crippen molar-refractivity contribution in [3.63, 3.8) is 0 Å². The molecule has 2 aromatic rings. The third-order valence-corrected chi connectivity index (χ3v) is 4.58. The maximum atomic E-state index is 12.8. The van der Waals surface area contributed by atoms with Gasteiger partial charge in [0.2, 0.25) is 5.91 Å². The van der Waals surface area contributed by atoms with Crippen LogP contribution in [0, 0.1) is 5.92 Å². The molecule has 0 saturated carbocycles. The molecule has 0 aliphatic carbocycles. The molecule has 0 aromatic heterocycles. The van der Waals surface area contributed by atoms with E-state index in [-0.39, 0.29) is 11.8 Å². The summed E-state index contributed by atoms with van der Waals surface area (Å²) in [5.41, 5.74) is 2.29. The summed E-state index contributed by atoms with van der Waals surface area (Å²) in [4.78, 5) is 17.0. The van der Waals surface area contributed by atoms with Crippen molar-refractivity contribution in [2.24, 2.45) is 5.92 Å². The Morgan fingerprint density at radius 1 is 1.09 bits per heavy atom. The zero-order valence-electron chi connectivity index (χ0n) is 13.7. The Morgan fingerprint density at radius 2 is 1.74 bits per heavy atom. The van der Waals surface area contributed by atoms with Crippen molar-refractivity contribution >= 4 is 11.6 Å². The third kappa shape index (κ3) is 3.99. The van der Waals surface area contributed by atoms with E-state index in [4.69, 9.17) is 0 Å². The minimum absolute atomic E-state index is 0.0951. The molecule has 0 N–H and O–H groups in total. The first kappa shape index (κ1) is 15.8. The fourth-order valence-corrected chi connectivity index (χ4v) is 3.30. The summed E-state index contributed by atoms with van der Waals surface area (Å²) in [5.74, 6) is 0.326. The minimum Gasteiger partial charge on any atom is -0.315 e. The smallest absolute Gasteiger partial charge is 0.231 e. The number of amides is 1. The number of benzene rings is 2. The second-order valence-corrected chi connectivity index (χ2v) is 6.29. The van der Waals surface area contributed by atoms with Crippen LogP contribution in [0.2, 0.25) is 0 Å². The molecule has 1 aliphatic rings. The predicted molar refractivity (Wildman–Crippen MR) is 94.3 cm³/mol. The molecular formula is C20H24N2O. The van der Waals surface area contributed by atoms with Gasteiger partial charge in [-0.3, -0.25) is 9.69 Å². The lowest BCUT2D eigenvalue weighted by atomic mass is 9.96. The van der Waals surface area contributed by atoms with Gasteiger partial charge in [-0.2, -0.15) is 0 Å². The van der Waals surface area contributed by atoms with Gasteiger partial charge < -0.3 is 4.90 Å². The largest absolute Gasteiger partial charge is 0.315 e. The van der Waals surface area contributed by atoms with E-state index in [1.807, 2.05) is 43.4 Å². The summed E-state index contributed by atoms with van der Waals surface area (Å²) in [6.45, 7) is 2.86. The average Bonchev–Trinajstić information content (AvgIpc) is 2.62. The molecule has 1 aliphatic heterocycles. The number of para-hydroxylation sites is 1. The van der Waals surface area contributed by atoms with Crippen molar-refractivity contribution in [2.75, 3.05) is 25.0 Å².